The molecule has 0 saturated heterocycles. The molecule has 2 aliphatic rings. The maximum absolute atomic E-state index is 14.2. The predicted octanol–water partition coefficient (Wildman–Crippen LogP) is 8.35. The van der Waals surface area contributed by atoms with E-state index in [1.807, 2.05) is 12.1 Å². The van der Waals surface area contributed by atoms with E-state index in [1.165, 1.54) is 22.7 Å². The van der Waals surface area contributed by atoms with Crippen molar-refractivity contribution in [2.45, 2.75) is 31.7 Å². The zero-order chi connectivity index (χ0) is 30.0. The van der Waals surface area contributed by atoms with Crippen molar-refractivity contribution in [3.63, 3.8) is 0 Å². The number of rotatable bonds is 7. The van der Waals surface area contributed by atoms with Crippen molar-refractivity contribution < 1.29 is 32.7 Å². The van der Waals surface area contributed by atoms with E-state index in [-0.39, 0.29) is 23.6 Å². The van der Waals surface area contributed by atoms with Crippen molar-refractivity contribution in [1.29, 1.82) is 0 Å². The summed E-state index contributed by atoms with van der Waals surface area (Å²) in [5.74, 6) is -0.512. The first kappa shape index (κ1) is 29.0. The molecule has 0 atom stereocenters. The van der Waals surface area contributed by atoms with E-state index < -0.39 is 29.8 Å². The minimum atomic E-state index is -4.66. The van der Waals surface area contributed by atoms with Crippen LogP contribution in [0.4, 0.5) is 45.5 Å². The molecule has 42 heavy (non-hydrogen) atoms. The smallest absolute Gasteiger partial charge is 0.416 e. The van der Waals surface area contributed by atoms with Crippen molar-refractivity contribution in [3.05, 3.63) is 107 Å². The molecule has 7 nitrogen and oxygen atoms in total. The summed E-state index contributed by atoms with van der Waals surface area (Å²) in [6.07, 6.45) is 0.0358. The van der Waals surface area contributed by atoms with Crippen LogP contribution in [0, 0.1) is 0 Å². The number of urea groups is 2. The van der Waals surface area contributed by atoms with Crippen LogP contribution in [0.5, 0.6) is 0 Å². The third-order valence-electron chi connectivity index (χ3n) is 6.89. The van der Waals surface area contributed by atoms with Gasteiger partial charge in [-0.3, -0.25) is 9.80 Å². The molecular weight excluding hydrogens is 567 g/mol. The summed E-state index contributed by atoms with van der Waals surface area (Å²) in [6, 6.07) is 16.5. The number of halogens is 3. The summed E-state index contributed by atoms with van der Waals surface area (Å²) in [5, 5.41) is 9.32. The van der Waals surface area contributed by atoms with Crippen LogP contribution in [0.25, 0.3) is 0 Å². The summed E-state index contributed by atoms with van der Waals surface area (Å²) in [7, 11) is 0. The lowest BCUT2D eigenvalue weighted by molar-refractivity contribution is -0.137. The molecule has 0 aromatic heterocycles. The Kier molecular flexibility index (Phi) is 8.13. The number of para-hydroxylation sites is 1. The number of alkyl halides is 3. The van der Waals surface area contributed by atoms with Gasteiger partial charge >= 0.3 is 24.2 Å². The highest BCUT2D eigenvalue weighted by Gasteiger charge is 2.41. The molecule has 11 heteroatoms. The van der Waals surface area contributed by atoms with Gasteiger partial charge in [0.2, 0.25) is 0 Å². The van der Waals surface area contributed by atoms with E-state index in [2.05, 4.69) is 0 Å². The van der Waals surface area contributed by atoms with Gasteiger partial charge in [0.15, 0.2) is 0 Å². The van der Waals surface area contributed by atoms with E-state index in [1.54, 1.807) is 61.5 Å². The molecule has 0 fully saturated rings. The van der Waals surface area contributed by atoms with Crippen molar-refractivity contribution >= 4 is 52.5 Å². The predicted molar refractivity (Wildman–Crippen MR) is 157 cm³/mol. The Hall–Kier alpha value is -4.51. The largest absolute Gasteiger partial charge is 0.478 e. The third kappa shape index (κ3) is 5.78. The molecule has 4 amide bonds. The van der Waals surface area contributed by atoms with Crippen LogP contribution in [0.2, 0.25) is 0 Å². The zero-order valence-corrected chi connectivity index (χ0v) is 23.3. The van der Waals surface area contributed by atoms with Crippen LogP contribution in [-0.4, -0.2) is 29.7 Å². The lowest BCUT2D eigenvalue weighted by Crippen LogP contribution is -2.48. The van der Waals surface area contributed by atoms with E-state index in [0.29, 0.717) is 29.9 Å². The van der Waals surface area contributed by atoms with Crippen LogP contribution >= 0.6 is 11.8 Å². The number of fused-ring (bicyclic) bond motifs is 1. The molecule has 3 aromatic carbocycles. The molecule has 1 heterocycles. The van der Waals surface area contributed by atoms with Crippen molar-refractivity contribution in [1.82, 2.24) is 0 Å². The standard InChI is InChI=1S/C31H26F3N3O4S/c1-2-35-26-15-14-22(31(32,33)34)18-27(26)36(23-10-4-3-5-11-23)30(41)37(29(35)40)24-12-6-8-20(16-24)19-42-25-13-7-9-21(17-25)28(38)39/h3-6,8,10-18H,2,7,9,19H2,1H3,(H,38,39). The summed E-state index contributed by atoms with van der Waals surface area (Å²) >= 11 is 1.43. The number of thioether (sulfide) groups is 1. The quantitative estimate of drug-likeness (QED) is 0.298. The highest BCUT2D eigenvalue weighted by Crippen LogP contribution is 2.43. The van der Waals surface area contributed by atoms with Crippen LogP contribution in [-0.2, 0) is 16.7 Å². The number of benzene rings is 3. The number of carbonyl (C=O) groups is 3. The van der Waals surface area contributed by atoms with Crippen LogP contribution in [0.3, 0.4) is 0 Å². The number of aliphatic carboxylic acids is 1. The number of carboxylic acids is 1. The summed E-state index contributed by atoms with van der Waals surface area (Å²) < 4.78 is 41.3. The Bertz CT molecular complexity index is 1600. The monoisotopic (exact) mass is 593 g/mol. The Balaban J connectivity index is 1.55. The summed E-state index contributed by atoms with van der Waals surface area (Å²) in [4.78, 5) is 43.7. The van der Waals surface area contributed by atoms with Crippen molar-refractivity contribution in [2.75, 3.05) is 21.2 Å². The second kappa shape index (κ2) is 11.8. The molecule has 1 aliphatic heterocycles. The Morgan fingerprint density at radius 3 is 2.33 bits per heavy atom. The van der Waals surface area contributed by atoms with Gasteiger partial charge in [-0.2, -0.15) is 13.2 Å². The first-order chi connectivity index (χ1) is 20.1. The first-order valence-electron chi connectivity index (χ1n) is 13.2. The van der Waals surface area contributed by atoms with Crippen molar-refractivity contribution in [3.8, 4) is 0 Å². The van der Waals surface area contributed by atoms with Gasteiger partial charge < -0.3 is 5.11 Å². The second-order valence-corrected chi connectivity index (χ2v) is 10.6. The maximum Gasteiger partial charge on any atom is 0.416 e. The molecule has 3 aromatic rings. The third-order valence-corrected chi connectivity index (χ3v) is 7.99. The normalized spacial score (nSPS) is 15.7. The topological polar surface area (TPSA) is 81.2 Å². The SMILES string of the molecule is CCN1C(=O)N(c2cccc(CSC3=CCCC(C(=O)O)=C3)c2)C(=O)N(c2ccccc2)c2cc(C(F)(F)F)ccc21. The number of amides is 4. The second-order valence-electron chi connectivity index (χ2n) is 9.60. The summed E-state index contributed by atoms with van der Waals surface area (Å²) in [5.41, 5.74) is 0.834. The minimum absolute atomic E-state index is 0.0595. The Morgan fingerprint density at radius 2 is 1.64 bits per heavy atom. The highest BCUT2D eigenvalue weighted by molar-refractivity contribution is 8.02. The number of imide groups is 1. The fourth-order valence-corrected chi connectivity index (χ4v) is 5.84. The number of nitrogens with zero attached hydrogens (tertiary/aromatic N) is 3. The molecule has 5 rings (SSSR count). The molecule has 0 radical (unpaired) electrons. The number of hydrogen-bond donors (Lipinski definition) is 1. The lowest BCUT2D eigenvalue weighted by Gasteiger charge is -2.27. The van der Waals surface area contributed by atoms with Crippen molar-refractivity contribution in [2.24, 2.45) is 0 Å². The number of allylic oxidation sites excluding steroid dienone is 2. The van der Waals surface area contributed by atoms with Gasteiger partial charge in [-0.05, 0) is 73.9 Å². The molecule has 0 bridgehead atoms. The van der Waals surface area contributed by atoms with E-state index in [0.717, 1.165) is 32.4 Å². The van der Waals surface area contributed by atoms with E-state index in [9.17, 15) is 32.7 Å². The van der Waals surface area contributed by atoms with Gasteiger partial charge in [-0.25, -0.2) is 19.3 Å². The van der Waals surface area contributed by atoms with Gasteiger partial charge in [0.1, 0.15) is 0 Å². The maximum atomic E-state index is 14.2. The number of carboxylic acid groups (broad SMARTS) is 1. The molecule has 0 spiro atoms. The minimum Gasteiger partial charge on any atom is -0.478 e. The van der Waals surface area contributed by atoms with Gasteiger partial charge in [0.25, 0.3) is 0 Å². The van der Waals surface area contributed by atoms with Gasteiger partial charge in [-0.1, -0.05) is 36.4 Å². The number of anilines is 4. The van der Waals surface area contributed by atoms with E-state index >= 15 is 0 Å². The van der Waals surface area contributed by atoms with E-state index in [4.69, 9.17) is 0 Å². The zero-order valence-electron chi connectivity index (χ0n) is 22.5. The highest BCUT2D eigenvalue weighted by atomic mass is 32.2. The molecule has 1 N–H and O–H groups in total. The van der Waals surface area contributed by atoms with Gasteiger partial charge in [0.05, 0.1) is 28.3 Å². The van der Waals surface area contributed by atoms with Crippen LogP contribution in [0.15, 0.2) is 95.4 Å². The molecule has 216 valence electrons. The average Bonchev–Trinajstić information content (AvgIpc) is 3.06. The fraction of sp³-hybridized carbons (Fsp3) is 0.194. The summed E-state index contributed by atoms with van der Waals surface area (Å²) in [6.45, 7) is 1.79. The van der Waals surface area contributed by atoms with Gasteiger partial charge in [-0.15, -0.1) is 11.8 Å². The lowest BCUT2D eigenvalue weighted by atomic mass is 10.1. The van der Waals surface area contributed by atoms with Gasteiger partial charge in [0, 0.05) is 22.8 Å². The first-order valence-corrected chi connectivity index (χ1v) is 14.1. The van der Waals surface area contributed by atoms with Crippen LogP contribution in [0.1, 0.15) is 30.9 Å². The Labute approximate surface area is 244 Å². The molecular formula is C31H26F3N3O4S. The molecule has 0 saturated carbocycles. The molecule has 1 aliphatic carbocycles. The average molecular weight is 594 g/mol. The number of carbonyl (C=O) groups excluding carboxylic acids is 2. The number of hydrogen-bond acceptors (Lipinski definition) is 4. The fourth-order valence-electron chi connectivity index (χ4n) is 4.86. The molecule has 0 unspecified atom stereocenters. The van der Waals surface area contributed by atoms with Crippen LogP contribution < -0.4 is 14.7 Å². The Morgan fingerprint density at radius 1 is 0.905 bits per heavy atom.